The zero-order valence-electron chi connectivity index (χ0n) is 16.3. The van der Waals surface area contributed by atoms with Gasteiger partial charge in [0.25, 0.3) is 5.91 Å². The van der Waals surface area contributed by atoms with Crippen molar-refractivity contribution in [2.45, 2.75) is 24.9 Å². The fourth-order valence-electron chi connectivity index (χ4n) is 4.32. The van der Waals surface area contributed by atoms with Gasteiger partial charge in [-0.05, 0) is 43.2 Å². The maximum absolute atomic E-state index is 12.8. The Balaban J connectivity index is 1.33. The van der Waals surface area contributed by atoms with Gasteiger partial charge in [-0.25, -0.2) is 0 Å². The van der Waals surface area contributed by atoms with Crippen LogP contribution in [0.5, 0.6) is 11.5 Å². The van der Waals surface area contributed by atoms with Crippen LogP contribution in [0.2, 0.25) is 0 Å². The molecule has 2 aromatic carbocycles. The third kappa shape index (κ3) is 3.26. The highest BCUT2D eigenvalue weighted by atomic mass is 16.5. The highest BCUT2D eigenvalue weighted by Crippen LogP contribution is 2.40. The minimum absolute atomic E-state index is 0.00338. The number of H-pyrrole nitrogens is 1. The highest BCUT2D eigenvalue weighted by Gasteiger charge is 2.47. The summed E-state index contributed by atoms with van der Waals surface area (Å²) in [4.78, 5) is 14.6. The molecule has 1 aliphatic heterocycles. The van der Waals surface area contributed by atoms with Crippen LogP contribution in [0.15, 0.2) is 60.7 Å². The van der Waals surface area contributed by atoms with E-state index in [1.165, 1.54) is 0 Å². The molecular formula is C23H21N5O2. The van der Waals surface area contributed by atoms with Gasteiger partial charge in [0.2, 0.25) is 0 Å². The minimum Gasteiger partial charge on any atom is -0.457 e. The normalized spacial score (nSPS) is 22.0. The van der Waals surface area contributed by atoms with E-state index in [2.05, 4.69) is 21.7 Å². The van der Waals surface area contributed by atoms with Crippen LogP contribution in [0.1, 0.15) is 23.3 Å². The number of rotatable bonds is 5. The minimum atomic E-state index is -0.203. The van der Waals surface area contributed by atoms with Gasteiger partial charge in [-0.15, -0.1) is 0 Å². The van der Waals surface area contributed by atoms with E-state index in [0.29, 0.717) is 29.6 Å². The van der Waals surface area contributed by atoms with Gasteiger partial charge in [0.15, 0.2) is 6.19 Å². The predicted molar refractivity (Wildman–Crippen MR) is 111 cm³/mol. The Hall–Kier alpha value is -3.79. The Morgan fingerprint density at radius 3 is 2.70 bits per heavy atom. The van der Waals surface area contributed by atoms with Crippen LogP contribution in [-0.2, 0) is 0 Å². The molecule has 1 amide bonds. The van der Waals surface area contributed by atoms with Crippen molar-refractivity contribution in [3.63, 3.8) is 0 Å². The summed E-state index contributed by atoms with van der Waals surface area (Å²) in [5.41, 5.74) is 1.83. The van der Waals surface area contributed by atoms with Crippen molar-refractivity contribution in [2.24, 2.45) is 5.92 Å². The third-order valence-electron chi connectivity index (χ3n) is 6.00. The number of hydrogen-bond acceptors (Lipinski definition) is 5. The maximum Gasteiger partial charge on any atom is 0.269 e. The molecule has 7 nitrogen and oxygen atoms in total. The number of benzene rings is 2. The summed E-state index contributed by atoms with van der Waals surface area (Å²) < 4.78 is 6.01. The fraction of sp³-hybridized carbons (Fsp3) is 0.261. The van der Waals surface area contributed by atoms with Gasteiger partial charge in [0, 0.05) is 24.1 Å². The molecule has 1 aromatic heterocycles. The maximum atomic E-state index is 12.8. The van der Waals surface area contributed by atoms with E-state index in [-0.39, 0.29) is 18.0 Å². The molecule has 2 heterocycles. The number of likely N-dealkylation sites (tertiary alicyclic amines) is 1. The first-order chi connectivity index (χ1) is 14.7. The number of para-hydroxylation sites is 2. The first-order valence-electron chi connectivity index (χ1n) is 10.1. The van der Waals surface area contributed by atoms with Gasteiger partial charge >= 0.3 is 0 Å². The zero-order chi connectivity index (χ0) is 20.5. The molecule has 2 N–H and O–H groups in total. The second-order valence-electron chi connectivity index (χ2n) is 7.72. The summed E-state index contributed by atoms with van der Waals surface area (Å²) in [5, 5.41) is 19.5. The first-order valence-corrected chi connectivity index (χ1v) is 10.1. The first kappa shape index (κ1) is 18.3. The van der Waals surface area contributed by atoms with E-state index in [0.717, 1.165) is 24.2 Å². The quantitative estimate of drug-likeness (QED) is 0.640. The number of aromatic nitrogens is 2. The van der Waals surface area contributed by atoms with Crippen LogP contribution in [-0.4, -0.2) is 39.6 Å². The predicted octanol–water partition coefficient (Wildman–Crippen LogP) is 3.54. The average Bonchev–Trinajstić information content (AvgIpc) is 3.31. The second-order valence-corrected chi connectivity index (χ2v) is 7.72. The van der Waals surface area contributed by atoms with Crippen molar-refractivity contribution < 1.29 is 9.53 Å². The molecule has 0 radical (unpaired) electrons. The largest absolute Gasteiger partial charge is 0.457 e. The van der Waals surface area contributed by atoms with Crippen molar-refractivity contribution in [3.05, 3.63) is 66.4 Å². The van der Waals surface area contributed by atoms with Crippen LogP contribution < -0.4 is 10.1 Å². The van der Waals surface area contributed by atoms with Gasteiger partial charge in [-0.1, -0.05) is 30.3 Å². The van der Waals surface area contributed by atoms with Gasteiger partial charge < -0.3 is 15.0 Å². The molecule has 0 unspecified atom stereocenters. The molecule has 0 bridgehead atoms. The molecule has 7 heteroatoms. The molecule has 2 aliphatic rings. The Morgan fingerprint density at radius 1 is 1.17 bits per heavy atom. The summed E-state index contributed by atoms with van der Waals surface area (Å²) in [6.07, 6.45) is 4.31. The van der Waals surface area contributed by atoms with Crippen molar-refractivity contribution in [1.29, 1.82) is 5.26 Å². The fourth-order valence-corrected chi connectivity index (χ4v) is 4.32. The highest BCUT2D eigenvalue weighted by molar-refractivity contribution is 5.93. The smallest absolute Gasteiger partial charge is 0.269 e. The van der Waals surface area contributed by atoms with Crippen molar-refractivity contribution >= 4 is 5.91 Å². The third-order valence-corrected chi connectivity index (χ3v) is 6.00. The number of nitriles is 1. The molecule has 1 saturated carbocycles. The van der Waals surface area contributed by atoms with Crippen molar-refractivity contribution in [1.82, 2.24) is 20.4 Å². The molecule has 3 atom stereocenters. The van der Waals surface area contributed by atoms with Crippen LogP contribution >= 0.6 is 0 Å². The molecule has 5 rings (SSSR count). The number of carbonyl (C=O) groups is 1. The van der Waals surface area contributed by atoms with Gasteiger partial charge in [-0.2, -0.15) is 10.4 Å². The SMILES string of the molecule is N#CN1C[C@@H](NC(=O)c2cc(-c3ccccc3Oc3ccccc3)n[nH]2)[C@@H]2CC[C@@H]21. The van der Waals surface area contributed by atoms with E-state index in [9.17, 15) is 10.1 Å². The van der Waals surface area contributed by atoms with E-state index in [1.54, 1.807) is 11.0 Å². The van der Waals surface area contributed by atoms with Crippen LogP contribution in [0.4, 0.5) is 0 Å². The summed E-state index contributed by atoms with van der Waals surface area (Å²) in [6.45, 7) is 0.576. The van der Waals surface area contributed by atoms with Gasteiger partial charge in [-0.3, -0.25) is 9.89 Å². The van der Waals surface area contributed by atoms with Crippen LogP contribution in [0.25, 0.3) is 11.3 Å². The summed E-state index contributed by atoms with van der Waals surface area (Å²) in [5.74, 6) is 1.55. The van der Waals surface area contributed by atoms with Crippen LogP contribution in [0, 0.1) is 17.4 Å². The standard InChI is InChI=1S/C23H21N5O2/c24-14-28-13-20(16-10-11-21(16)28)25-23(29)19-12-18(26-27-19)17-8-4-5-9-22(17)30-15-6-2-1-3-7-15/h1-9,12,16,20-21H,10-11,13H2,(H,25,29)(H,26,27)/t16-,20+,21-/m0/s1. The Kier molecular flexibility index (Phi) is 4.60. The Bertz CT molecular complexity index is 1100. The molecule has 1 saturated heterocycles. The number of ether oxygens (including phenoxy) is 1. The lowest BCUT2D eigenvalue weighted by Gasteiger charge is -2.34. The summed E-state index contributed by atoms with van der Waals surface area (Å²) >= 11 is 0. The van der Waals surface area contributed by atoms with Gasteiger partial charge in [0.1, 0.15) is 17.2 Å². The van der Waals surface area contributed by atoms with E-state index < -0.39 is 0 Å². The summed E-state index contributed by atoms with van der Waals surface area (Å²) in [7, 11) is 0. The molecule has 3 aromatic rings. The van der Waals surface area contributed by atoms with E-state index in [1.807, 2.05) is 54.6 Å². The molecule has 150 valence electrons. The topological polar surface area (TPSA) is 94.0 Å². The lowest BCUT2D eigenvalue weighted by molar-refractivity contribution is 0.0911. The molecular weight excluding hydrogens is 378 g/mol. The lowest BCUT2D eigenvalue weighted by Crippen LogP contribution is -2.45. The lowest BCUT2D eigenvalue weighted by atomic mass is 9.78. The number of nitrogens with zero attached hydrogens (tertiary/aromatic N) is 3. The summed E-state index contributed by atoms with van der Waals surface area (Å²) in [6, 6.07) is 19.2. The molecule has 0 spiro atoms. The molecule has 1 aliphatic carbocycles. The van der Waals surface area contributed by atoms with E-state index in [4.69, 9.17) is 4.74 Å². The number of nitrogens with one attached hydrogen (secondary N) is 2. The number of aromatic amines is 1. The average molecular weight is 399 g/mol. The monoisotopic (exact) mass is 399 g/mol. The Morgan fingerprint density at radius 2 is 1.97 bits per heavy atom. The molecule has 30 heavy (non-hydrogen) atoms. The van der Waals surface area contributed by atoms with Crippen molar-refractivity contribution in [3.8, 4) is 28.9 Å². The second kappa shape index (κ2) is 7.56. The van der Waals surface area contributed by atoms with Crippen molar-refractivity contribution in [2.75, 3.05) is 6.54 Å². The number of amides is 1. The van der Waals surface area contributed by atoms with Crippen LogP contribution in [0.3, 0.4) is 0 Å². The molecule has 2 fully saturated rings. The van der Waals surface area contributed by atoms with E-state index >= 15 is 0 Å². The zero-order valence-corrected chi connectivity index (χ0v) is 16.3. The number of carbonyl (C=O) groups excluding carboxylic acids is 1. The number of fused-ring (bicyclic) bond motifs is 1. The van der Waals surface area contributed by atoms with Gasteiger partial charge in [0.05, 0.1) is 11.7 Å². The Labute approximate surface area is 174 Å². The number of hydrogen-bond donors (Lipinski definition) is 2.